The van der Waals surface area contributed by atoms with Crippen LogP contribution in [0.5, 0.6) is 0 Å². The summed E-state index contributed by atoms with van der Waals surface area (Å²) in [7, 11) is -8.45. The summed E-state index contributed by atoms with van der Waals surface area (Å²) < 4.78 is 67.0. The first-order chi connectivity index (χ1) is 17.1. The Labute approximate surface area is 234 Å². The predicted molar refractivity (Wildman–Crippen MR) is 155 cm³/mol. The minimum atomic E-state index is -4.22. The molecule has 0 radical (unpaired) electrons. The average Bonchev–Trinajstić information content (AvgIpc) is 3.41. The van der Waals surface area contributed by atoms with E-state index in [2.05, 4.69) is 9.97 Å². The molecule has 0 saturated carbocycles. The lowest BCUT2D eigenvalue weighted by atomic mass is 10.3. The van der Waals surface area contributed by atoms with Gasteiger partial charge in [0.05, 0.1) is 30.2 Å². The highest BCUT2D eigenvalue weighted by Gasteiger charge is 2.14. The van der Waals surface area contributed by atoms with Gasteiger partial charge in [0.15, 0.2) is 8.68 Å². The molecule has 2 heterocycles. The molecule has 36 heavy (non-hydrogen) atoms. The van der Waals surface area contributed by atoms with Gasteiger partial charge in [0.2, 0.25) is 0 Å². The first kappa shape index (κ1) is 28.4. The molecule has 0 aliphatic carbocycles. The van der Waals surface area contributed by atoms with Crippen molar-refractivity contribution in [1.29, 1.82) is 0 Å². The van der Waals surface area contributed by atoms with Gasteiger partial charge < -0.3 is 0 Å². The number of nitrogens with zero attached hydrogens (tertiary/aromatic N) is 2. The number of benzene rings is 2. The molecule has 0 fully saturated rings. The quantitative estimate of drug-likeness (QED) is 0.105. The molecule has 0 amide bonds. The summed E-state index contributed by atoms with van der Waals surface area (Å²) in [5.41, 5.74) is 1.15. The van der Waals surface area contributed by atoms with Gasteiger partial charge in [0.25, 0.3) is 20.2 Å². The molecule has 0 bridgehead atoms. The van der Waals surface area contributed by atoms with E-state index in [9.17, 15) is 16.8 Å². The number of hydrogen-bond acceptors (Lipinski definition) is 12. The largest absolute Gasteiger partial charge is 0.294 e. The van der Waals surface area contributed by atoms with Crippen LogP contribution in [-0.4, -0.2) is 70.4 Å². The van der Waals surface area contributed by atoms with Gasteiger partial charge in [-0.3, -0.25) is 9.11 Å². The maximum atomic E-state index is 11.3. The van der Waals surface area contributed by atoms with Crippen molar-refractivity contribution in [2.24, 2.45) is 0 Å². The van der Waals surface area contributed by atoms with E-state index in [0.717, 1.165) is 52.6 Å². The molecule has 4 rings (SSSR count). The molecule has 0 spiro atoms. The van der Waals surface area contributed by atoms with Crippen molar-refractivity contribution >= 4 is 110 Å². The first-order valence-corrected chi connectivity index (χ1v) is 19.1. The summed E-state index contributed by atoms with van der Waals surface area (Å²) in [4.78, 5) is 8.63. The number of thioether (sulfide) groups is 4. The second-order valence-corrected chi connectivity index (χ2v) is 17.1. The van der Waals surface area contributed by atoms with Gasteiger partial charge in [-0.05, 0) is 36.4 Å². The average molecular weight is 641 g/mol. The SMILES string of the molecule is O=S(=O)(O)c1ccc2sc(SCCSCCSCCSc3nc4cc(S(=O)(=O)O)ccc4s3)nc2c1. The molecule has 4 aromatic rings. The molecule has 2 aromatic heterocycles. The molecular formula is C20H20N2O6S8. The Kier molecular flexibility index (Phi) is 9.90. The van der Waals surface area contributed by atoms with Crippen LogP contribution in [0.4, 0.5) is 0 Å². The topological polar surface area (TPSA) is 135 Å². The summed E-state index contributed by atoms with van der Waals surface area (Å²) in [6.07, 6.45) is 0. The van der Waals surface area contributed by atoms with Crippen LogP contribution in [0.3, 0.4) is 0 Å². The monoisotopic (exact) mass is 640 g/mol. The van der Waals surface area contributed by atoms with E-state index >= 15 is 0 Å². The van der Waals surface area contributed by atoms with Gasteiger partial charge in [0.1, 0.15) is 0 Å². The Morgan fingerprint density at radius 1 is 0.639 bits per heavy atom. The normalized spacial score (nSPS) is 12.6. The van der Waals surface area contributed by atoms with E-state index in [1.807, 2.05) is 23.5 Å². The highest BCUT2D eigenvalue weighted by molar-refractivity contribution is 8.06. The van der Waals surface area contributed by atoms with Crippen molar-refractivity contribution < 1.29 is 25.9 Å². The fraction of sp³-hybridized carbons (Fsp3) is 0.300. The van der Waals surface area contributed by atoms with Crippen molar-refractivity contribution in [2.75, 3.05) is 34.5 Å². The highest BCUT2D eigenvalue weighted by Crippen LogP contribution is 2.32. The van der Waals surface area contributed by atoms with Crippen LogP contribution in [0.25, 0.3) is 20.4 Å². The maximum Gasteiger partial charge on any atom is 0.294 e. The lowest BCUT2D eigenvalue weighted by Gasteiger charge is -2.01. The van der Waals surface area contributed by atoms with E-state index < -0.39 is 20.2 Å². The Balaban J connectivity index is 1.09. The van der Waals surface area contributed by atoms with E-state index in [0.29, 0.717) is 11.0 Å². The zero-order valence-electron chi connectivity index (χ0n) is 18.4. The lowest BCUT2D eigenvalue weighted by Crippen LogP contribution is -1.97. The second kappa shape index (κ2) is 12.5. The number of hydrogen-bond donors (Lipinski definition) is 2. The first-order valence-electron chi connectivity index (χ1n) is 10.3. The molecule has 0 aliphatic heterocycles. The molecular weight excluding hydrogens is 621 g/mol. The third-order valence-corrected chi connectivity index (χ3v) is 13.4. The van der Waals surface area contributed by atoms with Gasteiger partial charge >= 0.3 is 0 Å². The highest BCUT2D eigenvalue weighted by atomic mass is 32.2. The minimum absolute atomic E-state index is 0.141. The fourth-order valence-electron chi connectivity index (χ4n) is 2.91. The van der Waals surface area contributed by atoms with Gasteiger partial charge in [-0.15, -0.1) is 22.7 Å². The Morgan fingerprint density at radius 3 is 1.42 bits per heavy atom. The molecule has 194 valence electrons. The summed E-state index contributed by atoms with van der Waals surface area (Å²) in [5, 5.41) is 0. The molecule has 8 nitrogen and oxygen atoms in total. The van der Waals surface area contributed by atoms with E-state index in [4.69, 9.17) is 9.11 Å². The summed E-state index contributed by atoms with van der Waals surface area (Å²) >= 11 is 10.1. The Morgan fingerprint density at radius 2 is 1.03 bits per heavy atom. The minimum Gasteiger partial charge on any atom is -0.282 e. The van der Waals surface area contributed by atoms with Crippen LogP contribution in [0.15, 0.2) is 54.9 Å². The molecule has 2 aromatic carbocycles. The Bertz CT molecular complexity index is 1450. The van der Waals surface area contributed by atoms with Crippen LogP contribution in [0.2, 0.25) is 0 Å². The molecule has 0 unspecified atom stereocenters. The predicted octanol–water partition coefficient (Wildman–Crippen LogP) is 5.75. The number of aromatic nitrogens is 2. The van der Waals surface area contributed by atoms with Crippen LogP contribution < -0.4 is 0 Å². The van der Waals surface area contributed by atoms with Crippen LogP contribution in [0.1, 0.15) is 0 Å². The van der Waals surface area contributed by atoms with E-state index in [-0.39, 0.29) is 9.79 Å². The smallest absolute Gasteiger partial charge is 0.282 e. The van der Waals surface area contributed by atoms with E-state index in [1.165, 1.54) is 46.9 Å². The number of thiazole rings is 2. The zero-order valence-corrected chi connectivity index (χ0v) is 24.9. The van der Waals surface area contributed by atoms with Crippen molar-refractivity contribution in [3.8, 4) is 0 Å². The molecule has 0 aliphatic rings. The standard InChI is InChI=1S/C20H20N2O6S8/c23-35(24,25)13-1-3-17-15(11-13)21-19(33-17)31-9-7-29-5-6-30-8-10-32-20-22-16-12-14(36(26,27)28)2-4-18(16)34-20/h1-4,11-12H,5-10H2,(H,23,24,25)(H,26,27,28). The van der Waals surface area contributed by atoms with Gasteiger partial charge in [-0.1, -0.05) is 23.5 Å². The summed E-state index contributed by atoms with van der Waals surface area (Å²) in [6.45, 7) is 0. The van der Waals surface area contributed by atoms with Gasteiger partial charge in [0, 0.05) is 34.5 Å². The summed E-state index contributed by atoms with van der Waals surface area (Å²) in [5.74, 6) is 5.90. The van der Waals surface area contributed by atoms with Crippen molar-refractivity contribution in [3.63, 3.8) is 0 Å². The van der Waals surface area contributed by atoms with Crippen LogP contribution in [0, 0.1) is 0 Å². The third kappa shape index (κ3) is 7.97. The maximum absolute atomic E-state index is 11.3. The number of rotatable bonds is 13. The molecule has 0 saturated heterocycles. The third-order valence-electron chi connectivity index (χ3n) is 4.55. The fourth-order valence-corrected chi connectivity index (χ4v) is 10.4. The van der Waals surface area contributed by atoms with Crippen molar-refractivity contribution in [3.05, 3.63) is 36.4 Å². The Hall–Kier alpha value is -0.560. The second-order valence-electron chi connectivity index (χ2n) is 7.09. The van der Waals surface area contributed by atoms with Gasteiger partial charge in [-0.2, -0.15) is 40.4 Å². The summed E-state index contributed by atoms with van der Waals surface area (Å²) in [6, 6.07) is 8.90. The molecule has 2 N–H and O–H groups in total. The zero-order chi connectivity index (χ0) is 25.8. The van der Waals surface area contributed by atoms with Crippen molar-refractivity contribution in [1.82, 2.24) is 9.97 Å². The molecule has 16 heteroatoms. The van der Waals surface area contributed by atoms with Crippen LogP contribution >= 0.6 is 69.7 Å². The van der Waals surface area contributed by atoms with E-state index in [1.54, 1.807) is 35.7 Å². The molecule has 0 atom stereocenters. The van der Waals surface area contributed by atoms with Crippen molar-refractivity contribution in [2.45, 2.75) is 18.5 Å². The van der Waals surface area contributed by atoms with Crippen LogP contribution in [-0.2, 0) is 20.2 Å². The van der Waals surface area contributed by atoms with Gasteiger partial charge in [-0.25, -0.2) is 9.97 Å². The lowest BCUT2D eigenvalue weighted by molar-refractivity contribution is 0.481. The number of fused-ring (bicyclic) bond motifs is 2.